The summed E-state index contributed by atoms with van der Waals surface area (Å²) in [6, 6.07) is 17.0. The summed E-state index contributed by atoms with van der Waals surface area (Å²) in [5, 5.41) is 10.7. The van der Waals surface area contributed by atoms with Crippen LogP contribution in [-0.2, 0) is 4.79 Å². The summed E-state index contributed by atoms with van der Waals surface area (Å²) >= 11 is 0. The van der Waals surface area contributed by atoms with E-state index in [2.05, 4.69) is 27.9 Å². The number of anilines is 2. The van der Waals surface area contributed by atoms with Gasteiger partial charge in [-0.25, -0.2) is 4.68 Å². The van der Waals surface area contributed by atoms with Crippen molar-refractivity contribution in [2.45, 2.75) is 33.6 Å². The number of benzene rings is 2. The van der Waals surface area contributed by atoms with Gasteiger partial charge in [0.05, 0.1) is 39.4 Å². The van der Waals surface area contributed by atoms with Crippen LogP contribution in [0.25, 0.3) is 5.69 Å². The van der Waals surface area contributed by atoms with Crippen molar-refractivity contribution in [3.63, 3.8) is 0 Å². The maximum absolute atomic E-state index is 13.3. The molecule has 33 heavy (non-hydrogen) atoms. The Morgan fingerprint density at radius 1 is 1.00 bits per heavy atom. The maximum Gasteiger partial charge on any atom is 0.257 e. The van der Waals surface area contributed by atoms with Crippen LogP contribution in [0.2, 0.25) is 0 Å². The van der Waals surface area contributed by atoms with Gasteiger partial charge in [-0.1, -0.05) is 49.4 Å². The molecule has 3 aromatic rings. The molecule has 0 saturated heterocycles. The molecule has 3 unspecified atom stereocenters. The second-order valence-corrected chi connectivity index (χ2v) is 9.36. The van der Waals surface area contributed by atoms with Crippen molar-refractivity contribution in [2.24, 2.45) is 17.3 Å². The number of fused-ring (bicyclic) bond motifs is 2. The van der Waals surface area contributed by atoms with Crippen molar-refractivity contribution in [3.05, 3.63) is 83.7 Å². The second-order valence-electron chi connectivity index (χ2n) is 9.36. The zero-order chi connectivity index (χ0) is 23.2. The van der Waals surface area contributed by atoms with Crippen LogP contribution in [0.5, 0.6) is 0 Å². The fourth-order valence-corrected chi connectivity index (χ4v) is 5.24. The largest absolute Gasteiger partial charge is 0.325 e. The van der Waals surface area contributed by atoms with E-state index in [4.69, 9.17) is 0 Å². The molecular weight excluding hydrogens is 412 g/mol. The molecule has 1 aromatic heterocycles. The van der Waals surface area contributed by atoms with E-state index in [0.717, 1.165) is 29.9 Å². The Morgan fingerprint density at radius 3 is 2.42 bits per heavy atom. The molecule has 168 valence electrons. The minimum absolute atomic E-state index is 0.0242. The van der Waals surface area contributed by atoms with Crippen molar-refractivity contribution in [1.82, 2.24) is 9.78 Å². The second kappa shape index (κ2) is 8.03. The third kappa shape index (κ3) is 3.65. The highest BCUT2D eigenvalue weighted by molar-refractivity contribution is 6.11. The highest BCUT2D eigenvalue weighted by atomic mass is 16.2. The van der Waals surface area contributed by atoms with Gasteiger partial charge in [-0.3, -0.25) is 9.59 Å². The molecule has 5 rings (SSSR count). The molecule has 1 fully saturated rings. The number of nitrogens with one attached hydrogen (secondary N) is 2. The van der Waals surface area contributed by atoms with Crippen LogP contribution in [-0.4, -0.2) is 21.6 Å². The smallest absolute Gasteiger partial charge is 0.257 e. The van der Waals surface area contributed by atoms with Gasteiger partial charge in [-0.15, -0.1) is 0 Å². The topological polar surface area (TPSA) is 76.0 Å². The Balaban J connectivity index is 1.38. The maximum atomic E-state index is 13.3. The van der Waals surface area contributed by atoms with Gasteiger partial charge >= 0.3 is 0 Å². The number of hydrogen-bond donors (Lipinski definition) is 2. The molecule has 0 aliphatic heterocycles. The highest BCUT2D eigenvalue weighted by Gasteiger charge is 2.50. The van der Waals surface area contributed by atoms with E-state index < -0.39 is 5.41 Å². The molecule has 0 radical (unpaired) electrons. The lowest BCUT2D eigenvalue weighted by atomic mass is 9.76. The SMILES string of the molecule is Cc1nn(-c2ccccc2)c(C)c1NC(=O)c1ccccc1NC(=O)C1(C)CC2C=CC1C2. The molecule has 2 aromatic carbocycles. The Labute approximate surface area is 193 Å². The van der Waals surface area contributed by atoms with Crippen molar-refractivity contribution in [1.29, 1.82) is 0 Å². The molecule has 1 saturated carbocycles. The van der Waals surface area contributed by atoms with Crippen LogP contribution < -0.4 is 10.6 Å². The van der Waals surface area contributed by atoms with Gasteiger partial charge in [0.1, 0.15) is 0 Å². The zero-order valence-corrected chi connectivity index (χ0v) is 19.1. The summed E-state index contributed by atoms with van der Waals surface area (Å²) in [6.45, 7) is 5.84. The van der Waals surface area contributed by atoms with E-state index >= 15 is 0 Å². The minimum atomic E-state index is -0.437. The van der Waals surface area contributed by atoms with Crippen LogP contribution in [0.1, 0.15) is 41.5 Å². The van der Waals surface area contributed by atoms with Crippen LogP contribution in [0.15, 0.2) is 66.7 Å². The summed E-state index contributed by atoms with van der Waals surface area (Å²) in [6.07, 6.45) is 6.28. The van der Waals surface area contributed by atoms with Crippen LogP contribution in [0.3, 0.4) is 0 Å². The molecule has 0 spiro atoms. The standard InChI is InChI=1S/C27H28N4O2/c1-17-24(18(2)31(30-17)21-9-5-4-6-10-21)29-25(32)22-11-7-8-12-23(22)28-26(33)27(3)16-19-13-14-20(27)15-19/h4-14,19-20H,15-16H2,1-3H3,(H,28,33)(H,29,32). The Bertz CT molecular complexity index is 1260. The third-order valence-corrected chi connectivity index (χ3v) is 7.15. The Hall–Kier alpha value is -3.67. The molecule has 2 bridgehead atoms. The van der Waals surface area contributed by atoms with Crippen molar-refractivity contribution in [2.75, 3.05) is 10.6 Å². The van der Waals surface area contributed by atoms with Gasteiger partial charge in [0.25, 0.3) is 5.91 Å². The average molecular weight is 441 g/mol. The first-order valence-electron chi connectivity index (χ1n) is 11.4. The first-order valence-corrected chi connectivity index (χ1v) is 11.4. The third-order valence-electron chi connectivity index (χ3n) is 7.15. The number of aromatic nitrogens is 2. The number of carbonyl (C=O) groups excluding carboxylic acids is 2. The fourth-order valence-electron chi connectivity index (χ4n) is 5.24. The highest BCUT2D eigenvalue weighted by Crippen LogP contribution is 2.52. The van der Waals surface area contributed by atoms with Gasteiger partial charge in [0.15, 0.2) is 0 Å². The number of nitrogens with zero attached hydrogens (tertiary/aromatic N) is 2. The number of carbonyl (C=O) groups is 2. The number of para-hydroxylation sites is 2. The summed E-state index contributed by atoms with van der Waals surface area (Å²) in [5.74, 6) is 0.445. The number of allylic oxidation sites excluding steroid dienone is 2. The summed E-state index contributed by atoms with van der Waals surface area (Å²) < 4.78 is 1.82. The lowest BCUT2D eigenvalue weighted by Gasteiger charge is -2.30. The molecule has 2 amide bonds. The first-order chi connectivity index (χ1) is 15.9. The van der Waals surface area contributed by atoms with Crippen molar-refractivity contribution < 1.29 is 9.59 Å². The van der Waals surface area contributed by atoms with Gasteiger partial charge in [0, 0.05) is 0 Å². The van der Waals surface area contributed by atoms with Crippen molar-refractivity contribution in [3.8, 4) is 5.69 Å². The van der Waals surface area contributed by atoms with Gasteiger partial charge in [-0.2, -0.15) is 5.10 Å². The Kier molecular flexibility index (Phi) is 5.16. The van der Waals surface area contributed by atoms with Gasteiger partial charge in [0.2, 0.25) is 5.91 Å². The number of hydrogen-bond acceptors (Lipinski definition) is 3. The first kappa shape index (κ1) is 21.2. The molecule has 6 heteroatoms. The summed E-state index contributed by atoms with van der Waals surface area (Å²) in [5.41, 5.74) is 3.70. The normalized spacial score (nSPS) is 23.0. The molecule has 2 aliphatic carbocycles. The van der Waals surface area contributed by atoms with E-state index in [1.807, 2.05) is 61.9 Å². The molecule has 6 nitrogen and oxygen atoms in total. The lowest BCUT2D eigenvalue weighted by molar-refractivity contribution is -0.126. The number of amides is 2. The predicted octanol–water partition coefficient (Wildman–Crippen LogP) is 5.28. The predicted molar refractivity (Wildman–Crippen MR) is 130 cm³/mol. The van der Waals surface area contributed by atoms with Gasteiger partial charge in [-0.05, 0) is 62.8 Å². The van der Waals surface area contributed by atoms with E-state index in [0.29, 0.717) is 22.9 Å². The molecule has 1 heterocycles. The number of rotatable bonds is 5. The van der Waals surface area contributed by atoms with Crippen molar-refractivity contribution >= 4 is 23.2 Å². The Morgan fingerprint density at radius 2 is 1.73 bits per heavy atom. The average Bonchev–Trinajstić information content (AvgIpc) is 3.49. The van der Waals surface area contributed by atoms with E-state index in [1.54, 1.807) is 18.2 Å². The van der Waals surface area contributed by atoms with E-state index in [-0.39, 0.29) is 17.7 Å². The fraction of sp³-hybridized carbons (Fsp3) is 0.296. The monoisotopic (exact) mass is 440 g/mol. The van der Waals surface area contributed by atoms with E-state index in [1.165, 1.54) is 0 Å². The minimum Gasteiger partial charge on any atom is -0.325 e. The van der Waals surface area contributed by atoms with Crippen LogP contribution in [0, 0.1) is 31.1 Å². The van der Waals surface area contributed by atoms with Gasteiger partial charge < -0.3 is 10.6 Å². The quantitative estimate of drug-likeness (QED) is 0.530. The lowest BCUT2D eigenvalue weighted by Crippen LogP contribution is -2.37. The van der Waals surface area contributed by atoms with Crippen LogP contribution in [0.4, 0.5) is 11.4 Å². The summed E-state index contributed by atoms with van der Waals surface area (Å²) in [4.78, 5) is 26.5. The molecule has 2 N–H and O–H groups in total. The molecule has 2 aliphatic rings. The number of aryl methyl sites for hydroxylation is 1. The molecule has 3 atom stereocenters. The zero-order valence-electron chi connectivity index (χ0n) is 19.1. The van der Waals surface area contributed by atoms with Crippen LogP contribution >= 0.6 is 0 Å². The molecular formula is C27H28N4O2. The van der Waals surface area contributed by atoms with E-state index in [9.17, 15) is 9.59 Å². The summed E-state index contributed by atoms with van der Waals surface area (Å²) in [7, 11) is 0.